The van der Waals surface area contributed by atoms with Crippen molar-refractivity contribution in [3.8, 4) is 34.6 Å². The van der Waals surface area contributed by atoms with Crippen molar-refractivity contribution in [2.24, 2.45) is 11.3 Å². The molecule has 2 aliphatic carbocycles. The number of hydrogen-bond acceptors (Lipinski definition) is 5. The van der Waals surface area contributed by atoms with Gasteiger partial charge in [0.2, 0.25) is 0 Å². The Morgan fingerprint density at radius 2 is 1.75 bits per heavy atom. The van der Waals surface area contributed by atoms with E-state index < -0.39 is 0 Å². The highest BCUT2D eigenvalue weighted by Gasteiger charge is 2.54. The number of aromatic nitrogens is 4. The van der Waals surface area contributed by atoms with E-state index in [2.05, 4.69) is 26.5 Å². The van der Waals surface area contributed by atoms with Crippen LogP contribution in [0.25, 0.3) is 22.3 Å². The van der Waals surface area contributed by atoms with Crippen LogP contribution in [0.3, 0.4) is 0 Å². The first-order valence-corrected chi connectivity index (χ1v) is 12.5. The average Bonchev–Trinajstić information content (AvgIpc) is 3.62. The summed E-state index contributed by atoms with van der Waals surface area (Å²) in [5.41, 5.74) is 2.92. The molecule has 0 unspecified atom stereocenters. The number of hydrogen-bond donors (Lipinski definition) is 0. The zero-order valence-corrected chi connectivity index (χ0v) is 19.8. The van der Waals surface area contributed by atoms with Crippen molar-refractivity contribution in [2.75, 3.05) is 13.1 Å². The third-order valence-corrected chi connectivity index (χ3v) is 7.46. The van der Waals surface area contributed by atoms with Gasteiger partial charge in [0.15, 0.2) is 5.65 Å². The lowest BCUT2D eigenvalue weighted by Gasteiger charge is -2.58. The fraction of sp³-hybridized carbons (Fsp3) is 0.310. The van der Waals surface area contributed by atoms with Crippen molar-refractivity contribution in [3.63, 3.8) is 0 Å². The molecule has 1 aliphatic heterocycles. The minimum atomic E-state index is -0.0183. The Bertz CT molecular complexity index is 1500. The lowest BCUT2D eigenvalue weighted by molar-refractivity contribution is -0.147. The molecule has 36 heavy (non-hydrogen) atoms. The minimum absolute atomic E-state index is 0.0183. The summed E-state index contributed by atoms with van der Waals surface area (Å²) in [5.74, 6) is 7.93. The average molecular weight is 476 g/mol. The lowest BCUT2D eigenvalue weighted by Crippen LogP contribution is -2.63. The van der Waals surface area contributed by atoms with Crippen LogP contribution in [-0.4, -0.2) is 43.6 Å². The standard InChI is InChI=1S/C29H25N5O2/c35-26(13-8-20-6-7-20)33-17-29(18-33)14-22(15-29)34-28-25(16-30-19-31-28)27(32-34)21-9-11-24(12-10-21)36-23-4-2-1-3-5-23/h1-5,9-12,16,19-20,22H,6-7,14-15,17-18H2. The molecule has 2 saturated carbocycles. The van der Waals surface area contributed by atoms with Gasteiger partial charge in [-0.2, -0.15) is 5.10 Å². The van der Waals surface area contributed by atoms with Crippen LogP contribution in [0.4, 0.5) is 0 Å². The summed E-state index contributed by atoms with van der Waals surface area (Å²) < 4.78 is 8.00. The molecule has 3 fully saturated rings. The van der Waals surface area contributed by atoms with E-state index >= 15 is 0 Å². The van der Waals surface area contributed by atoms with Gasteiger partial charge in [-0.3, -0.25) is 4.79 Å². The van der Waals surface area contributed by atoms with E-state index in [0.29, 0.717) is 5.92 Å². The number of likely N-dealkylation sites (tertiary alicyclic amines) is 1. The fourth-order valence-corrected chi connectivity index (χ4v) is 5.40. The summed E-state index contributed by atoms with van der Waals surface area (Å²) in [5, 5.41) is 5.94. The van der Waals surface area contributed by atoms with Gasteiger partial charge in [-0.25, -0.2) is 14.6 Å². The number of carbonyl (C=O) groups is 1. The molecule has 1 amide bonds. The van der Waals surface area contributed by atoms with E-state index in [1.807, 2.05) is 65.7 Å². The Balaban J connectivity index is 1.07. The number of amides is 1. The largest absolute Gasteiger partial charge is 0.457 e. The second-order valence-electron chi connectivity index (χ2n) is 10.3. The molecule has 0 radical (unpaired) electrons. The number of fused-ring (bicyclic) bond motifs is 1. The van der Waals surface area contributed by atoms with E-state index in [0.717, 1.165) is 72.6 Å². The topological polar surface area (TPSA) is 73.1 Å². The molecule has 0 N–H and O–H groups in total. The van der Waals surface area contributed by atoms with E-state index in [1.165, 1.54) is 0 Å². The van der Waals surface area contributed by atoms with Crippen molar-refractivity contribution in [1.82, 2.24) is 24.6 Å². The lowest BCUT2D eigenvalue weighted by atomic mass is 9.60. The Kier molecular flexibility index (Phi) is 4.81. The summed E-state index contributed by atoms with van der Waals surface area (Å²) in [4.78, 5) is 23.0. The predicted octanol–water partition coefficient (Wildman–Crippen LogP) is 4.86. The van der Waals surface area contributed by atoms with Crippen LogP contribution < -0.4 is 4.74 Å². The molecular formula is C29H25N5O2. The molecule has 1 spiro atoms. The summed E-state index contributed by atoms with van der Waals surface area (Å²) in [6, 6.07) is 18.0. The molecule has 2 aromatic heterocycles. The fourth-order valence-electron chi connectivity index (χ4n) is 5.40. The maximum atomic E-state index is 12.3. The Morgan fingerprint density at radius 1 is 1.00 bits per heavy atom. The molecule has 7 rings (SSSR count). The second kappa shape index (κ2) is 8.20. The summed E-state index contributed by atoms with van der Waals surface area (Å²) in [6.07, 6.45) is 7.69. The van der Waals surface area contributed by atoms with Gasteiger partial charge >= 0.3 is 0 Å². The van der Waals surface area contributed by atoms with Gasteiger partial charge < -0.3 is 9.64 Å². The summed E-state index contributed by atoms with van der Waals surface area (Å²) in [6.45, 7) is 1.59. The van der Waals surface area contributed by atoms with Crippen LogP contribution in [-0.2, 0) is 4.79 Å². The highest BCUT2D eigenvalue weighted by atomic mass is 16.5. The smallest absolute Gasteiger partial charge is 0.298 e. The van der Waals surface area contributed by atoms with Gasteiger partial charge in [0.1, 0.15) is 23.5 Å². The molecule has 7 nitrogen and oxygen atoms in total. The summed E-state index contributed by atoms with van der Waals surface area (Å²) >= 11 is 0. The SMILES string of the molecule is O=C(C#CC1CC1)N1CC2(CC(n3nc(-c4ccc(Oc5ccccc5)cc4)c4cncnc43)C2)C1. The monoisotopic (exact) mass is 475 g/mol. The minimum Gasteiger partial charge on any atom is -0.457 e. The zero-order chi connectivity index (χ0) is 24.1. The van der Waals surface area contributed by atoms with Gasteiger partial charge in [0.25, 0.3) is 5.91 Å². The number of carbonyl (C=O) groups excluding carboxylic acids is 1. The number of rotatable bonds is 4. The highest BCUT2D eigenvalue weighted by molar-refractivity contribution is 5.94. The highest BCUT2D eigenvalue weighted by Crippen LogP contribution is 2.54. The summed E-state index contributed by atoms with van der Waals surface area (Å²) in [7, 11) is 0. The first kappa shape index (κ1) is 21.1. The predicted molar refractivity (Wildman–Crippen MR) is 135 cm³/mol. The maximum Gasteiger partial charge on any atom is 0.298 e. The Morgan fingerprint density at radius 3 is 2.50 bits per heavy atom. The van der Waals surface area contributed by atoms with Crippen molar-refractivity contribution < 1.29 is 9.53 Å². The van der Waals surface area contributed by atoms with Crippen LogP contribution in [0.5, 0.6) is 11.5 Å². The molecule has 7 heteroatoms. The van der Waals surface area contributed by atoms with Crippen molar-refractivity contribution >= 4 is 16.9 Å². The maximum absolute atomic E-state index is 12.3. The van der Waals surface area contributed by atoms with Crippen molar-refractivity contribution in [1.29, 1.82) is 0 Å². The first-order valence-electron chi connectivity index (χ1n) is 12.5. The number of ether oxygens (including phenoxy) is 1. The number of benzene rings is 2. The van der Waals surface area contributed by atoms with Gasteiger partial charge in [-0.1, -0.05) is 24.1 Å². The van der Waals surface area contributed by atoms with Crippen molar-refractivity contribution in [2.45, 2.75) is 31.7 Å². The third kappa shape index (κ3) is 3.79. The van der Waals surface area contributed by atoms with Gasteiger partial charge in [0.05, 0.1) is 11.4 Å². The van der Waals surface area contributed by atoms with Gasteiger partial charge in [-0.05, 0) is 68.0 Å². The van der Waals surface area contributed by atoms with Crippen LogP contribution in [0.2, 0.25) is 0 Å². The van der Waals surface area contributed by atoms with Crippen LogP contribution >= 0.6 is 0 Å². The van der Waals surface area contributed by atoms with Crippen LogP contribution in [0.15, 0.2) is 67.1 Å². The molecule has 1 saturated heterocycles. The normalized spacial score (nSPS) is 18.3. The van der Waals surface area contributed by atoms with Gasteiger partial charge in [-0.15, -0.1) is 0 Å². The molecule has 4 aromatic rings. The van der Waals surface area contributed by atoms with Crippen LogP contribution in [0.1, 0.15) is 31.7 Å². The Labute approximate surface area is 209 Å². The van der Waals surface area contributed by atoms with Crippen LogP contribution in [0, 0.1) is 23.2 Å². The van der Waals surface area contributed by atoms with E-state index in [9.17, 15) is 4.79 Å². The molecule has 0 atom stereocenters. The molecule has 3 aliphatic rings. The molecule has 2 aromatic carbocycles. The molecular weight excluding hydrogens is 450 g/mol. The second-order valence-corrected chi connectivity index (χ2v) is 10.3. The van der Waals surface area contributed by atoms with Gasteiger partial charge in [0, 0.05) is 36.2 Å². The quantitative estimate of drug-likeness (QED) is 0.394. The van der Waals surface area contributed by atoms with E-state index in [4.69, 9.17) is 9.84 Å². The van der Waals surface area contributed by atoms with E-state index in [1.54, 1.807) is 6.33 Å². The van der Waals surface area contributed by atoms with Crippen molar-refractivity contribution in [3.05, 3.63) is 67.1 Å². The zero-order valence-electron chi connectivity index (χ0n) is 19.8. The molecule has 0 bridgehead atoms. The van der Waals surface area contributed by atoms with E-state index in [-0.39, 0.29) is 17.4 Å². The Hall–Kier alpha value is -4.18. The first-order chi connectivity index (χ1) is 17.7. The molecule has 3 heterocycles. The number of nitrogens with zero attached hydrogens (tertiary/aromatic N) is 5. The molecule has 178 valence electrons. The number of para-hydroxylation sites is 1. The third-order valence-electron chi connectivity index (χ3n) is 7.46.